The maximum Gasteiger partial charge on any atom is 0.490 e. The second-order valence-corrected chi connectivity index (χ2v) is 11.1. The second kappa shape index (κ2) is 9.90. The van der Waals surface area contributed by atoms with Crippen LogP contribution in [0.25, 0.3) is 11.0 Å². The smallest absolute Gasteiger partial charge is 0.475 e. The van der Waals surface area contributed by atoms with E-state index in [-0.39, 0.29) is 11.2 Å². The van der Waals surface area contributed by atoms with Gasteiger partial charge in [-0.3, -0.25) is 0 Å². The molecule has 1 N–H and O–H groups in total. The van der Waals surface area contributed by atoms with Crippen LogP contribution < -0.4 is 4.90 Å². The summed E-state index contributed by atoms with van der Waals surface area (Å²) in [7, 11) is -1.07. The van der Waals surface area contributed by atoms with Crippen molar-refractivity contribution in [2.45, 2.75) is 43.0 Å². The molecular formula is C21H28F3N5O5S. The number of anilines is 1. The topological polar surface area (TPSA) is 118 Å². The minimum absolute atomic E-state index is 0.124. The number of carboxylic acids is 1. The van der Waals surface area contributed by atoms with E-state index in [4.69, 9.17) is 19.6 Å². The molecule has 0 atom stereocenters. The molecule has 4 heterocycles. The van der Waals surface area contributed by atoms with Crippen LogP contribution in [0.1, 0.15) is 37.3 Å². The fraction of sp³-hybridized carbons (Fsp3) is 0.667. The predicted octanol–water partition coefficient (Wildman–Crippen LogP) is 2.11. The lowest BCUT2D eigenvalue weighted by molar-refractivity contribution is -0.192. The zero-order valence-electron chi connectivity index (χ0n) is 19.2. The number of carbonyl (C=O) groups is 1. The number of halogens is 3. The lowest BCUT2D eigenvalue weighted by Gasteiger charge is -2.32. The molecule has 0 aromatic carbocycles. The number of carboxylic acid groups (broad SMARTS) is 1. The van der Waals surface area contributed by atoms with Crippen LogP contribution in [0.5, 0.6) is 0 Å². The number of hydrogen-bond donors (Lipinski definition) is 1. The van der Waals surface area contributed by atoms with E-state index >= 15 is 0 Å². The summed E-state index contributed by atoms with van der Waals surface area (Å²) < 4.78 is 66.0. The van der Waals surface area contributed by atoms with Crippen molar-refractivity contribution in [2.75, 3.05) is 44.3 Å². The molecule has 0 radical (unpaired) electrons. The van der Waals surface area contributed by atoms with Gasteiger partial charge in [-0.25, -0.2) is 27.5 Å². The van der Waals surface area contributed by atoms with Crippen molar-refractivity contribution in [3.05, 3.63) is 18.1 Å². The number of morpholine rings is 1. The third-order valence-corrected chi connectivity index (χ3v) is 8.84. The van der Waals surface area contributed by atoms with Gasteiger partial charge in [-0.1, -0.05) is 0 Å². The summed E-state index contributed by atoms with van der Waals surface area (Å²) in [4.78, 5) is 20.8. The molecule has 0 unspecified atom stereocenters. The van der Waals surface area contributed by atoms with Crippen molar-refractivity contribution in [3.63, 3.8) is 0 Å². The Labute approximate surface area is 200 Å². The number of rotatable bonds is 4. The molecule has 10 nitrogen and oxygen atoms in total. The molecule has 194 valence electrons. The number of imidazole rings is 1. The molecule has 2 aromatic rings. The Morgan fingerprint density at radius 3 is 2.26 bits per heavy atom. The Morgan fingerprint density at radius 2 is 1.71 bits per heavy atom. The number of nitrogens with zero attached hydrogens (tertiary/aromatic N) is 5. The molecule has 1 saturated carbocycles. The monoisotopic (exact) mass is 519 g/mol. The highest BCUT2D eigenvalue weighted by atomic mass is 32.2. The Balaban J connectivity index is 0.000000364. The van der Waals surface area contributed by atoms with Gasteiger partial charge >= 0.3 is 12.1 Å². The molecule has 2 aromatic heterocycles. The molecule has 0 bridgehead atoms. The van der Waals surface area contributed by atoms with E-state index in [1.807, 2.05) is 17.9 Å². The summed E-state index contributed by atoms with van der Waals surface area (Å²) in [5.74, 6) is -1.54. The van der Waals surface area contributed by atoms with Gasteiger partial charge in [0.05, 0.1) is 30.3 Å². The third-order valence-electron chi connectivity index (χ3n) is 6.44. The van der Waals surface area contributed by atoms with Crippen LogP contribution in [0, 0.1) is 0 Å². The standard InChI is InChI=1S/C19H27N5O3S.C2HF3O2/c1-22-13-20-18-17(22)12-16(21-19(18)23-8-10-27-11-9-23)14-4-6-24(7-5-14)28(25,26)15-2-3-15;3-2(4,5)1(6)7/h12-15H,2-11H2,1H3;(H,6,7). The highest BCUT2D eigenvalue weighted by Gasteiger charge is 2.41. The maximum absolute atomic E-state index is 12.5. The number of hydrogen-bond acceptors (Lipinski definition) is 7. The number of alkyl halides is 3. The number of aryl methyl sites for hydroxylation is 1. The van der Waals surface area contributed by atoms with E-state index in [2.05, 4.69) is 16.0 Å². The van der Waals surface area contributed by atoms with E-state index in [1.54, 1.807) is 4.31 Å². The number of sulfonamides is 1. The van der Waals surface area contributed by atoms with Gasteiger partial charge in [-0.15, -0.1) is 0 Å². The van der Waals surface area contributed by atoms with Crippen molar-refractivity contribution in [1.82, 2.24) is 18.8 Å². The van der Waals surface area contributed by atoms with Gasteiger partial charge in [0.2, 0.25) is 10.0 Å². The molecule has 3 aliphatic rings. The number of ether oxygens (including phenoxy) is 1. The number of piperidine rings is 1. The Kier molecular flexibility index (Phi) is 7.25. The highest BCUT2D eigenvalue weighted by Crippen LogP contribution is 2.36. The molecule has 5 rings (SSSR count). The van der Waals surface area contributed by atoms with Gasteiger partial charge in [-0.05, 0) is 31.7 Å². The van der Waals surface area contributed by atoms with E-state index in [0.717, 1.165) is 61.3 Å². The molecule has 2 saturated heterocycles. The number of aromatic nitrogens is 3. The largest absolute Gasteiger partial charge is 0.490 e. The van der Waals surface area contributed by atoms with Gasteiger partial charge in [0.25, 0.3) is 0 Å². The fourth-order valence-corrected chi connectivity index (χ4v) is 6.19. The molecular weight excluding hydrogens is 491 g/mol. The van der Waals surface area contributed by atoms with Crippen molar-refractivity contribution in [1.29, 1.82) is 0 Å². The maximum atomic E-state index is 12.5. The molecule has 2 aliphatic heterocycles. The van der Waals surface area contributed by atoms with Crippen molar-refractivity contribution < 1.29 is 36.2 Å². The average Bonchev–Trinajstić information content (AvgIpc) is 3.63. The SMILES string of the molecule is Cn1cnc2c(N3CCOCC3)nc(C3CCN(S(=O)(=O)C4CC4)CC3)cc21.O=C(O)C(F)(F)F. The minimum atomic E-state index is -5.08. The second-order valence-electron chi connectivity index (χ2n) is 8.91. The third kappa shape index (κ3) is 5.70. The molecule has 0 spiro atoms. The van der Waals surface area contributed by atoms with Crippen LogP contribution in [-0.2, 0) is 26.6 Å². The summed E-state index contributed by atoms with van der Waals surface area (Å²) in [5.41, 5.74) is 3.07. The van der Waals surface area contributed by atoms with Crippen LogP contribution in [0.15, 0.2) is 12.4 Å². The minimum Gasteiger partial charge on any atom is -0.475 e. The zero-order chi connectivity index (χ0) is 25.4. The molecule has 14 heteroatoms. The Morgan fingerprint density at radius 1 is 1.11 bits per heavy atom. The quantitative estimate of drug-likeness (QED) is 0.653. The van der Waals surface area contributed by atoms with Gasteiger partial charge in [0.15, 0.2) is 5.82 Å². The van der Waals surface area contributed by atoms with Crippen molar-refractivity contribution in [3.8, 4) is 0 Å². The summed E-state index contributed by atoms with van der Waals surface area (Å²) in [6, 6.07) is 2.14. The molecule has 3 fully saturated rings. The summed E-state index contributed by atoms with van der Waals surface area (Å²) in [6.45, 7) is 4.25. The van der Waals surface area contributed by atoms with Crippen LogP contribution in [-0.4, -0.2) is 89.2 Å². The Bertz CT molecular complexity index is 1170. The van der Waals surface area contributed by atoms with Crippen LogP contribution in [0.4, 0.5) is 19.0 Å². The van der Waals surface area contributed by atoms with E-state index < -0.39 is 22.2 Å². The number of aliphatic carboxylic acids is 1. The normalized spacial score (nSPS) is 20.5. The highest BCUT2D eigenvalue weighted by molar-refractivity contribution is 7.90. The number of pyridine rings is 1. The predicted molar refractivity (Wildman–Crippen MR) is 121 cm³/mol. The van der Waals surface area contributed by atoms with Gasteiger partial charge in [0.1, 0.15) is 5.52 Å². The summed E-state index contributed by atoms with van der Waals surface area (Å²) in [6.07, 6.45) is 0.0500. The average molecular weight is 520 g/mol. The van der Waals surface area contributed by atoms with E-state index in [1.165, 1.54) is 0 Å². The Hall–Kier alpha value is -2.45. The van der Waals surface area contributed by atoms with Crippen molar-refractivity contribution in [2.24, 2.45) is 7.05 Å². The lowest BCUT2D eigenvalue weighted by atomic mass is 9.94. The van der Waals surface area contributed by atoms with Gasteiger partial charge < -0.3 is 19.3 Å². The molecule has 35 heavy (non-hydrogen) atoms. The van der Waals surface area contributed by atoms with Gasteiger partial charge in [-0.2, -0.15) is 13.2 Å². The first kappa shape index (κ1) is 25.6. The van der Waals surface area contributed by atoms with Crippen LogP contribution >= 0.6 is 0 Å². The van der Waals surface area contributed by atoms with Gasteiger partial charge in [0, 0.05) is 44.8 Å². The first-order valence-corrected chi connectivity index (χ1v) is 12.9. The zero-order valence-corrected chi connectivity index (χ0v) is 20.1. The summed E-state index contributed by atoms with van der Waals surface area (Å²) >= 11 is 0. The van der Waals surface area contributed by atoms with E-state index in [9.17, 15) is 21.6 Å². The molecule has 0 amide bonds. The summed E-state index contributed by atoms with van der Waals surface area (Å²) in [5, 5.41) is 7.00. The van der Waals surface area contributed by atoms with Crippen LogP contribution in [0.2, 0.25) is 0 Å². The molecule has 1 aliphatic carbocycles. The van der Waals surface area contributed by atoms with Crippen LogP contribution in [0.3, 0.4) is 0 Å². The fourth-order valence-electron chi connectivity index (χ4n) is 4.32. The van der Waals surface area contributed by atoms with E-state index in [0.29, 0.717) is 26.3 Å². The van der Waals surface area contributed by atoms with Crippen molar-refractivity contribution >= 4 is 32.8 Å². The lowest BCUT2D eigenvalue weighted by Crippen LogP contribution is -2.40. The first-order valence-electron chi connectivity index (χ1n) is 11.4. The number of fused-ring (bicyclic) bond motifs is 1. The first-order chi connectivity index (χ1) is 16.5.